The smallest absolute Gasteiger partial charge is 0.0731 e. The van der Waals surface area contributed by atoms with Gasteiger partial charge in [0.15, 0.2) is 0 Å². The first-order valence-electron chi connectivity index (χ1n) is 4.88. The maximum absolute atomic E-state index is 6.00. The Morgan fingerprint density at radius 3 is 2.79 bits per heavy atom. The maximum Gasteiger partial charge on any atom is 0.0731 e. The molecule has 14 heavy (non-hydrogen) atoms. The highest BCUT2D eigenvalue weighted by atomic mass is 35.5. The van der Waals surface area contributed by atoms with Crippen molar-refractivity contribution < 1.29 is 4.74 Å². The van der Waals surface area contributed by atoms with Crippen molar-refractivity contribution in [3.63, 3.8) is 0 Å². The topological polar surface area (TPSA) is 21.3 Å². The van der Waals surface area contributed by atoms with Crippen LogP contribution in [-0.4, -0.2) is 19.7 Å². The molecule has 1 aliphatic heterocycles. The Morgan fingerprint density at radius 1 is 1.36 bits per heavy atom. The summed E-state index contributed by atoms with van der Waals surface area (Å²) >= 11 is 6.00. The van der Waals surface area contributed by atoms with Crippen LogP contribution in [0.2, 0.25) is 5.02 Å². The second-order valence-electron chi connectivity index (χ2n) is 3.63. The zero-order valence-corrected chi connectivity index (χ0v) is 8.76. The highest BCUT2D eigenvalue weighted by molar-refractivity contribution is 6.31. The molecule has 2 nitrogen and oxygen atoms in total. The number of halogens is 1. The first-order valence-corrected chi connectivity index (χ1v) is 5.26. The molecule has 1 N–H and O–H groups in total. The molecule has 1 aromatic carbocycles. The van der Waals surface area contributed by atoms with Gasteiger partial charge in [-0.05, 0) is 11.6 Å². The summed E-state index contributed by atoms with van der Waals surface area (Å²) in [6.07, 6.45) is 0. The van der Waals surface area contributed by atoms with Gasteiger partial charge in [0.05, 0.1) is 13.2 Å². The number of benzene rings is 1. The Kier molecular flexibility index (Phi) is 3.40. The summed E-state index contributed by atoms with van der Waals surface area (Å²) in [5.74, 6) is 0.692. The molecule has 1 saturated heterocycles. The number of nitrogens with one attached hydrogen (secondary N) is 1. The van der Waals surface area contributed by atoms with Crippen molar-refractivity contribution in [2.75, 3.05) is 19.7 Å². The third-order valence-corrected chi connectivity index (χ3v) is 2.80. The van der Waals surface area contributed by atoms with E-state index in [-0.39, 0.29) is 0 Å². The summed E-state index contributed by atoms with van der Waals surface area (Å²) in [6.45, 7) is 3.62. The molecule has 0 saturated carbocycles. The van der Waals surface area contributed by atoms with Gasteiger partial charge in [-0.3, -0.25) is 0 Å². The van der Waals surface area contributed by atoms with Crippen molar-refractivity contribution in [1.82, 2.24) is 5.32 Å². The minimum Gasteiger partial charge on any atom is -0.376 e. The van der Waals surface area contributed by atoms with Gasteiger partial charge >= 0.3 is 0 Å². The van der Waals surface area contributed by atoms with E-state index in [4.69, 9.17) is 16.3 Å². The SMILES string of the molecule is Clc1ccccc1COCC1CNC1. The van der Waals surface area contributed by atoms with E-state index in [1.807, 2.05) is 24.3 Å². The second-order valence-corrected chi connectivity index (χ2v) is 4.04. The van der Waals surface area contributed by atoms with Crippen LogP contribution in [0.25, 0.3) is 0 Å². The van der Waals surface area contributed by atoms with Crippen molar-refractivity contribution in [1.29, 1.82) is 0 Å². The summed E-state index contributed by atoms with van der Waals surface area (Å²) in [7, 11) is 0. The first kappa shape index (κ1) is 9.97. The molecule has 1 heterocycles. The molecule has 0 spiro atoms. The lowest BCUT2D eigenvalue weighted by Crippen LogP contribution is -2.44. The third-order valence-electron chi connectivity index (χ3n) is 2.43. The molecule has 0 amide bonds. The van der Waals surface area contributed by atoms with Crippen LogP contribution in [0.1, 0.15) is 5.56 Å². The molecule has 1 fully saturated rings. The molecule has 1 aromatic rings. The summed E-state index contributed by atoms with van der Waals surface area (Å²) < 4.78 is 5.58. The fourth-order valence-electron chi connectivity index (χ4n) is 1.42. The molecule has 2 rings (SSSR count). The van der Waals surface area contributed by atoms with Crippen molar-refractivity contribution in [2.45, 2.75) is 6.61 Å². The Labute approximate surface area is 89.2 Å². The van der Waals surface area contributed by atoms with E-state index >= 15 is 0 Å². The van der Waals surface area contributed by atoms with Gasteiger partial charge in [0, 0.05) is 24.0 Å². The average Bonchev–Trinajstić information content (AvgIpc) is 2.12. The molecule has 3 heteroatoms. The van der Waals surface area contributed by atoms with Crippen LogP contribution in [0.15, 0.2) is 24.3 Å². The summed E-state index contributed by atoms with van der Waals surface area (Å²) in [4.78, 5) is 0. The lowest BCUT2D eigenvalue weighted by atomic mass is 10.1. The fourth-order valence-corrected chi connectivity index (χ4v) is 1.61. The largest absolute Gasteiger partial charge is 0.376 e. The van der Waals surface area contributed by atoms with Crippen LogP contribution < -0.4 is 5.32 Å². The second kappa shape index (κ2) is 4.78. The van der Waals surface area contributed by atoms with E-state index in [1.165, 1.54) is 0 Å². The van der Waals surface area contributed by atoms with Crippen LogP contribution in [0.4, 0.5) is 0 Å². The van der Waals surface area contributed by atoms with Crippen molar-refractivity contribution in [2.24, 2.45) is 5.92 Å². The molecule has 0 atom stereocenters. The maximum atomic E-state index is 6.00. The monoisotopic (exact) mass is 211 g/mol. The van der Waals surface area contributed by atoms with Gasteiger partial charge in [-0.1, -0.05) is 29.8 Å². The van der Waals surface area contributed by atoms with Crippen molar-refractivity contribution in [3.8, 4) is 0 Å². The Bertz CT molecular complexity index is 299. The molecule has 76 valence electrons. The number of ether oxygens (including phenoxy) is 1. The van der Waals surface area contributed by atoms with Crippen LogP contribution in [0.3, 0.4) is 0 Å². The standard InChI is InChI=1S/C11H14ClNO/c12-11-4-2-1-3-10(11)8-14-7-9-5-13-6-9/h1-4,9,13H,5-8H2. The fraction of sp³-hybridized carbons (Fsp3) is 0.455. The highest BCUT2D eigenvalue weighted by Gasteiger charge is 2.16. The van der Waals surface area contributed by atoms with E-state index in [0.717, 1.165) is 30.3 Å². The van der Waals surface area contributed by atoms with Gasteiger partial charge in [0.1, 0.15) is 0 Å². The molecule has 0 unspecified atom stereocenters. The number of rotatable bonds is 4. The molecule has 0 bridgehead atoms. The van der Waals surface area contributed by atoms with Gasteiger partial charge in [0.25, 0.3) is 0 Å². The predicted octanol–water partition coefficient (Wildman–Crippen LogP) is 2.08. The van der Waals surface area contributed by atoms with Crippen LogP contribution in [0.5, 0.6) is 0 Å². The Balaban J connectivity index is 1.76. The van der Waals surface area contributed by atoms with Crippen LogP contribution in [-0.2, 0) is 11.3 Å². The Hall–Kier alpha value is -0.570. The lowest BCUT2D eigenvalue weighted by Gasteiger charge is -2.26. The van der Waals surface area contributed by atoms with Gasteiger partial charge in [-0.15, -0.1) is 0 Å². The van der Waals surface area contributed by atoms with E-state index in [0.29, 0.717) is 12.5 Å². The highest BCUT2D eigenvalue weighted by Crippen LogP contribution is 2.16. The summed E-state index contributed by atoms with van der Waals surface area (Å²) in [5.41, 5.74) is 1.07. The molecule has 1 aliphatic rings. The number of hydrogen-bond donors (Lipinski definition) is 1. The van der Waals surface area contributed by atoms with Crippen molar-refractivity contribution >= 4 is 11.6 Å². The molecular weight excluding hydrogens is 198 g/mol. The van der Waals surface area contributed by atoms with E-state index in [2.05, 4.69) is 5.32 Å². The minimum atomic E-state index is 0.621. The van der Waals surface area contributed by atoms with Crippen molar-refractivity contribution in [3.05, 3.63) is 34.9 Å². The molecular formula is C11H14ClNO. The lowest BCUT2D eigenvalue weighted by molar-refractivity contribution is 0.0690. The van der Waals surface area contributed by atoms with Crippen LogP contribution in [0, 0.1) is 5.92 Å². The third kappa shape index (κ3) is 2.47. The normalized spacial score (nSPS) is 16.6. The zero-order valence-electron chi connectivity index (χ0n) is 8.00. The summed E-state index contributed by atoms with van der Waals surface area (Å²) in [6, 6.07) is 7.81. The zero-order chi connectivity index (χ0) is 9.80. The van der Waals surface area contributed by atoms with Gasteiger partial charge in [0.2, 0.25) is 0 Å². The number of hydrogen-bond acceptors (Lipinski definition) is 2. The average molecular weight is 212 g/mol. The van der Waals surface area contributed by atoms with Gasteiger partial charge in [-0.2, -0.15) is 0 Å². The van der Waals surface area contributed by atoms with Gasteiger partial charge in [-0.25, -0.2) is 0 Å². The molecule has 0 radical (unpaired) electrons. The minimum absolute atomic E-state index is 0.621. The molecule has 0 aromatic heterocycles. The first-order chi connectivity index (χ1) is 6.86. The van der Waals surface area contributed by atoms with Crippen LogP contribution >= 0.6 is 11.6 Å². The summed E-state index contributed by atoms with van der Waals surface area (Å²) in [5, 5.41) is 4.01. The van der Waals surface area contributed by atoms with E-state index in [1.54, 1.807) is 0 Å². The van der Waals surface area contributed by atoms with E-state index < -0.39 is 0 Å². The van der Waals surface area contributed by atoms with E-state index in [9.17, 15) is 0 Å². The predicted molar refractivity (Wildman–Crippen MR) is 57.5 cm³/mol. The Morgan fingerprint density at radius 2 is 2.14 bits per heavy atom. The quantitative estimate of drug-likeness (QED) is 0.824. The molecule has 0 aliphatic carbocycles. The van der Waals surface area contributed by atoms with Gasteiger partial charge < -0.3 is 10.1 Å².